The van der Waals surface area contributed by atoms with Gasteiger partial charge in [0.2, 0.25) is 11.8 Å². The van der Waals surface area contributed by atoms with Gasteiger partial charge in [-0.15, -0.1) is 11.3 Å². The SMILES string of the molecule is O=C1CC[C@@](CCC(=O)N2CCC[C@H]2c2nccs2)(Cc2cccc3ccccc23)N1. The second-order valence-corrected chi connectivity index (χ2v) is 9.69. The maximum absolute atomic E-state index is 13.2. The number of nitrogens with one attached hydrogen (secondary N) is 1. The third-order valence-corrected chi connectivity index (χ3v) is 7.65. The van der Waals surface area contributed by atoms with Crippen LogP contribution >= 0.6 is 11.3 Å². The minimum atomic E-state index is -0.354. The molecule has 0 aliphatic carbocycles. The van der Waals surface area contributed by atoms with E-state index in [2.05, 4.69) is 46.7 Å². The summed E-state index contributed by atoms with van der Waals surface area (Å²) in [5.74, 6) is 0.269. The van der Waals surface area contributed by atoms with Crippen LogP contribution in [0.5, 0.6) is 0 Å². The Balaban J connectivity index is 1.33. The van der Waals surface area contributed by atoms with E-state index in [4.69, 9.17) is 0 Å². The topological polar surface area (TPSA) is 62.3 Å². The normalized spacial score (nSPS) is 23.4. The first-order chi connectivity index (χ1) is 15.1. The highest BCUT2D eigenvalue weighted by atomic mass is 32.1. The van der Waals surface area contributed by atoms with Crippen LogP contribution in [-0.2, 0) is 16.0 Å². The second kappa shape index (κ2) is 8.42. The van der Waals surface area contributed by atoms with Crippen LogP contribution in [0.25, 0.3) is 10.8 Å². The van der Waals surface area contributed by atoms with Crippen molar-refractivity contribution in [2.75, 3.05) is 6.54 Å². The van der Waals surface area contributed by atoms with Crippen LogP contribution in [0.2, 0.25) is 0 Å². The number of benzene rings is 2. The second-order valence-electron chi connectivity index (χ2n) is 8.76. The summed E-state index contributed by atoms with van der Waals surface area (Å²) in [6.45, 7) is 0.797. The van der Waals surface area contributed by atoms with Gasteiger partial charge < -0.3 is 10.2 Å². The molecule has 3 heterocycles. The average Bonchev–Trinajstić information content (AvgIpc) is 3.54. The largest absolute Gasteiger partial charge is 0.350 e. The van der Waals surface area contributed by atoms with Crippen molar-refractivity contribution in [3.8, 4) is 0 Å². The molecule has 2 saturated heterocycles. The summed E-state index contributed by atoms with van der Waals surface area (Å²) < 4.78 is 0. The molecule has 3 aromatic rings. The molecule has 5 nitrogen and oxygen atoms in total. The van der Waals surface area contributed by atoms with Gasteiger partial charge in [-0.05, 0) is 48.4 Å². The Hall–Kier alpha value is -2.73. The maximum atomic E-state index is 13.2. The molecular formula is C25H27N3O2S. The molecule has 0 saturated carbocycles. The summed E-state index contributed by atoms with van der Waals surface area (Å²) in [5, 5.41) is 8.68. The molecule has 5 rings (SSSR count). The van der Waals surface area contributed by atoms with Crippen molar-refractivity contribution >= 4 is 33.9 Å². The van der Waals surface area contributed by atoms with Gasteiger partial charge in [0.25, 0.3) is 0 Å². The highest BCUT2D eigenvalue weighted by Crippen LogP contribution is 2.36. The molecule has 2 aromatic carbocycles. The van der Waals surface area contributed by atoms with Crippen molar-refractivity contribution in [1.82, 2.24) is 15.2 Å². The molecule has 0 bridgehead atoms. The van der Waals surface area contributed by atoms with E-state index in [-0.39, 0.29) is 23.4 Å². The van der Waals surface area contributed by atoms with Crippen LogP contribution in [0.3, 0.4) is 0 Å². The van der Waals surface area contributed by atoms with Crippen LogP contribution in [0.4, 0.5) is 0 Å². The molecule has 0 spiro atoms. The van der Waals surface area contributed by atoms with Crippen molar-refractivity contribution in [2.24, 2.45) is 0 Å². The van der Waals surface area contributed by atoms with Crippen LogP contribution in [-0.4, -0.2) is 33.8 Å². The van der Waals surface area contributed by atoms with E-state index < -0.39 is 0 Å². The number of rotatable bonds is 6. The van der Waals surface area contributed by atoms with Crippen molar-refractivity contribution in [3.05, 3.63) is 64.6 Å². The Kier molecular flexibility index (Phi) is 5.48. The van der Waals surface area contributed by atoms with Crippen LogP contribution in [0, 0.1) is 0 Å². The Morgan fingerprint density at radius 2 is 2.10 bits per heavy atom. The van der Waals surface area contributed by atoms with Gasteiger partial charge >= 0.3 is 0 Å². The first-order valence-electron chi connectivity index (χ1n) is 11.1. The quantitative estimate of drug-likeness (QED) is 0.616. The summed E-state index contributed by atoms with van der Waals surface area (Å²) in [7, 11) is 0. The number of likely N-dealkylation sites (tertiary alicyclic amines) is 1. The molecule has 2 aliphatic heterocycles. The van der Waals surface area contributed by atoms with E-state index in [1.165, 1.54) is 16.3 Å². The zero-order valence-corrected chi connectivity index (χ0v) is 18.4. The molecule has 1 N–H and O–H groups in total. The maximum Gasteiger partial charge on any atom is 0.223 e. The first kappa shape index (κ1) is 20.2. The molecule has 6 heteroatoms. The minimum absolute atomic E-state index is 0.0921. The van der Waals surface area contributed by atoms with E-state index in [0.29, 0.717) is 19.3 Å². The minimum Gasteiger partial charge on any atom is -0.350 e. The van der Waals surface area contributed by atoms with Gasteiger partial charge in [0.15, 0.2) is 0 Å². The molecular weight excluding hydrogens is 406 g/mol. The van der Waals surface area contributed by atoms with Gasteiger partial charge in [0, 0.05) is 36.5 Å². The Morgan fingerprint density at radius 1 is 1.23 bits per heavy atom. The molecule has 2 aliphatic rings. The average molecular weight is 434 g/mol. The molecule has 160 valence electrons. The lowest BCUT2D eigenvalue weighted by atomic mass is 9.83. The van der Waals surface area contributed by atoms with E-state index in [1.54, 1.807) is 11.3 Å². The van der Waals surface area contributed by atoms with E-state index >= 15 is 0 Å². The standard InChI is InChI=1S/C25H27N3O2S/c29-22-10-12-25(27-22,17-19-7-3-6-18-5-1-2-8-20(18)19)13-11-23(30)28-15-4-9-21(28)24-26-14-16-31-24/h1-3,5-8,14,16,21H,4,9-13,15,17H2,(H,27,29)/t21-,25+/m0/s1. The lowest BCUT2D eigenvalue weighted by Crippen LogP contribution is -2.45. The third kappa shape index (κ3) is 4.09. The van der Waals surface area contributed by atoms with Crippen molar-refractivity contribution < 1.29 is 9.59 Å². The number of fused-ring (bicyclic) bond motifs is 1. The number of thiazole rings is 1. The molecule has 31 heavy (non-hydrogen) atoms. The van der Waals surface area contributed by atoms with Gasteiger partial charge in [-0.2, -0.15) is 0 Å². The summed E-state index contributed by atoms with van der Waals surface area (Å²) >= 11 is 1.63. The van der Waals surface area contributed by atoms with E-state index in [0.717, 1.165) is 37.2 Å². The monoisotopic (exact) mass is 433 g/mol. The fourth-order valence-corrected chi connectivity index (χ4v) is 5.99. The number of nitrogens with zero attached hydrogens (tertiary/aromatic N) is 2. The molecule has 2 fully saturated rings. The van der Waals surface area contributed by atoms with Crippen LogP contribution in [0.1, 0.15) is 55.1 Å². The summed E-state index contributed by atoms with van der Waals surface area (Å²) in [4.78, 5) is 31.8. The molecule has 2 atom stereocenters. The lowest BCUT2D eigenvalue weighted by Gasteiger charge is -2.31. The van der Waals surface area contributed by atoms with Crippen molar-refractivity contribution in [1.29, 1.82) is 0 Å². The lowest BCUT2D eigenvalue weighted by molar-refractivity contribution is -0.132. The predicted molar refractivity (Wildman–Crippen MR) is 123 cm³/mol. The highest BCUT2D eigenvalue weighted by molar-refractivity contribution is 7.09. The third-order valence-electron chi connectivity index (χ3n) is 6.77. The van der Waals surface area contributed by atoms with E-state index in [9.17, 15) is 9.59 Å². The van der Waals surface area contributed by atoms with Gasteiger partial charge in [-0.3, -0.25) is 9.59 Å². The number of aromatic nitrogens is 1. The summed E-state index contributed by atoms with van der Waals surface area (Å²) in [5.41, 5.74) is 0.877. The smallest absolute Gasteiger partial charge is 0.223 e. The summed E-state index contributed by atoms with van der Waals surface area (Å²) in [6.07, 6.45) is 7.00. The van der Waals surface area contributed by atoms with Gasteiger partial charge in [-0.25, -0.2) is 4.98 Å². The number of carbonyl (C=O) groups is 2. The van der Waals surface area contributed by atoms with Gasteiger partial charge in [0.1, 0.15) is 5.01 Å². The number of amides is 2. The molecule has 0 radical (unpaired) electrons. The van der Waals surface area contributed by atoms with Gasteiger partial charge in [-0.1, -0.05) is 42.5 Å². The van der Waals surface area contributed by atoms with Crippen molar-refractivity contribution in [2.45, 2.75) is 56.5 Å². The molecule has 2 amide bonds. The number of hydrogen-bond acceptors (Lipinski definition) is 4. The number of hydrogen-bond donors (Lipinski definition) is 1. The van der Waals surface area contributed by atoms with Crippen molar-refractivity contribution in [3.63, 3.8) is 0 Å². The Labute approximate surface area is 186 Å². The molecule has 1 aromatic heterocycles. The van der Waals surface area contributed by atoms with Gasteiger partial charge in [0.05, 0.1) is 6.04 Å². The molecule has 0 unspecified atom stereocenters. The summed E-state index contributed by atoms with van der Waals surface area (Å²) in [6, 6.07) is 14.8. The highest BCUT2D eigenvalue weighted by Gasteiger charge is 2.39. The van der Waals surface area contributed by atoms with Crippen LogP contribution in [0.15, 0.2) is 54.0 Å². The Morgan fingerprint density at radius 3 is 2.90 bits per heavy atom. The van der Waals surface area contributed by atoms with E-state index in [1.807, 2.05) is 22.5 Å². The fourth-order valence-electron chi connectivity index (χ4n) is 5.20. The first-order valence-corrected chi connectivity index (χ1v) is 12.0. The fraction of sp³-hybridized carbons (Fsp3) is 0.400. The predicted octanol–water partition coefficient (Wildman–Crippen LogP) is 4.63. The van der Waals surface area contributed by atoms with Crippen LogP contribution < -0.4 is 5.32 Å². The zero-order chi connectivity index (χ0) is 21.3. The Bertz CT molecular complexity index is 1090. The number of carbonyl (C=O) groups excluding carboxylic acids is 2. The zero-order valence-electron chi connectivity index (χ0n) is 17.5.